The van der Waals surface area contributed by atoms with Gasteiger partial charge in [-0.05, 0) is 132 Å². The number of aromatic nitrogens is 1. The van der Waals surface area contributed by atoms with Crippen molar-refractivity contribution in [2.45, 2.75) is 120 Å². The van der Waals surface area contributed by atoms with Crippen molar-refractivity contribution in [3.05, 3.63) is 160 Å². The van der Waals surface area contributed by atoms with Crippen LogP contribution in [0.5, 0.6) is 0 Å². The van der Waals surface area contributed by atoms with E-state index in [0.717, 1.165) is 22.3 Å². The van der Waals surface area contributed by atoms with Gasteiger partial charge in [0.15, 0.2) is 0 Å². The Hall–Kier alpha value is -4.93. The smallest absolute Gasteiger partial charge is 0.206 e. The van der Waals surface area contributed by atoms with Crippen LogP contribution in [0.1, 0.15) is 128 Å². The second-order valence-corrected chi connectivity index (χ2v) is 22.4. The average molecular weight is 772 g/mol. The van der Waals surface area contributed by atoms with Gasteiger partial charge in [0, 0.05) is 22.4 Å². The number of fused-ring (bicyclic) bond motifs is 6. The Labute approximate surface area is 340 Å². The van der Waals surface area contributed by atoms with Gasteiger partial charge in [0.25, 0.3) is 0 Å². The second kappa shape index (κ2) is 13.0. The Kier molecular flexibility index (Phi) is 8.91. The van der Waals surface area contributed by atoms with Crippen molar-refractivity contribution >= 4 is 31.6 Å². The van der Waals surface area contributed by atoms with Crippen LogP contribution in [0.4, 0.5) is 0 Å². The summed E-state index contributed by atoms with van der Waals surface area (Å²) in [5.74, 6) is 0.0271. The lowest BCUT2D eigenvalue weighted by Crippen LogP contribution is -2.11. The minimum Gasteiger partial charge on any atom is -0.309 e. The molecule has 7 aromatic rings. The molecule has 0 unspecified atom stereocenters. The van der Waals surface area contributed by atoms with E-state index in [-0.39, 0.29) is 32.5 Å². The molecule has 3 nitrogen and oxygen atoms in total. The molecule has 0 aliphatic heterocycles. The summed E-state index contributed by atoms with van der Waals surface area (Å²) in [6.45, 7) is 27.0. The normalized spacial score (nSPS) is 14.0. The van der Waals surface area contributed by atoms with Crippen LogP contribution < -0.4 is 0 Å². The molecule has 0 spiro atoms. The van der Waals surface area contributed by atoms with Gasteiger partial charge in [-0.3, -0.25) is 0 Å². The maximum Gasteiger partial charge on any atom is 0.206 e. The number of hydrogen-bond acceptors (Lipinski definition) is 2. The van der Waals surface area contributed by atoms with E-state index in [1.807, 2.05) is 24.3 Å². The lowest BCUT2D eigenvalue weighted by atomic mass is 9.83. The predicted molar refractivity (Wildman–Crippen MR) is 240 cm³/mol. The predicted octanol–water partition coefficient (Wildman–Crippen LogP) is 14.0. The zero-order valence-electron chi connectivity index (χ0n) is 35.8. The van der Waals surface area contributed by atoms with E-state index < -0.39 is 9.84 Å². The van der Waals surface area contributed by atoms with Crippen molar-refractivity contribution in [3.8, 4) is 16.8 Å². The molecule has 0 radical (unpaired) electrons. The van der Waals surface area contributed by atoms with Gasteiger partial charge >= 0.3 is 0 Å². The van der Waals surface area contributed by atoms with Crippen LogP contribution in [-0.4, -0.2) is 13.0 Å². The highest BCUT2D eigenvalue weighted by molar-refractivity contribution is 7.91. The summed E-state index contributed by atoms with van der Waals surface area (Å²) in [5.41, 5.74) is 14.6. The van der Waals surface area contributed by atoms with Crippen molar-refractivity contribution in [1.82, 2.24) is 4.57 Å². The summed E-state index contributed by atoms with van der Waals surface area (Å²) in [5, 5.41) is 2.41. The number of benzene rings is 6. The number of hydrogen-bond donors (Lipinski definition) is 0. The van der Waals surface area contributed by atoms with Crippen LogP contribution >= 0.6 is 0 Å². The summed E-state index contributed by atoms with van der Waals surface area (Å²) < 4.78 is 30.7. The Balaban J connectivity index is 1.16. The molecule has 1 aliphatic rings. The van der Waals surface area contributed by atoms with E-state index in [4.69, 9.17) is 0 Å². The minimum atomic E-state index is -3.77. The van der Waals surface area contributed by atoms with Crippen molar-refractivity contribution in [2.75, 3.05) is 0 Å². The van der Waals surface area contributed by atoms with Crippen LogP contribution in [-0.2, 0) is 31.5 Å². The van der Waals surface area contributed by atoms with E-state index in [2.05, 4.69) is 160 Å². The first kappa shape index (κ1) is 38.9. The Morgan fingerprint density at radius 1 is 0.421 bits per heavy atom. The first-order chi connectivity index (χ1) is 26.5. The van der Waals surface area contributed by atoms with Crippen molar-refractivity contribution in [2.24, 2.45) is 0 Å². The van der Waals surface area contributed by atoms with Gasteiger partial charge in [0.05, 0.1) is 20.8 Å². The van der Waals surface area contributed by atoms with E-state index >= 15 is 0 Å². The molecule has 0 amide bonds. The molecule has 0 bridgehead atoms. The molecule has 57 heavy (non-hydrogen) atoms. The quantitative estimate of drug-likeness (QED) is 0.179. The summed E-state index contributed by atoms with van der Waals surface area (Å²) in [7, 11) is -3.77. The molecular formula is C53H57NO2S. The molecule has 1 heterocycles. The van der Waals surface area contributed by atoms with Crippen molar-refractivity contribution in [1.29, 1.82) is 0 Å². The summed E-state index contributed by atoms with van der Waals surface area (Å²) >= 11 is 0. The van der Waals surface area contributed by atoms with Gasteiger partial charge in [-0.2, -0.15) is 0 Å². The third kappa shape index (κ3) is 6.74. The molecule has 4 heteroatoms. The van der Waals surface area contributed by atoms with E-state index in [0.29, 0.717) is 4.90 Å². The molecular weight excluding hydrogens is 715 g/mol. The average Bonchev–Trinajstić information content (AvgIpc) is 3.65. The monoisotopic (exact) mass is 771 g/mol. The Morgan fingerprint density at radius 3 is 1.16 bits per heavy atom. The van der Waals surface area contributed by atoms with Crippen molar-refractivity contribution < 1.29 is 8.42 Å². The maximum atomic E-state index is 14.2. The van der Waals surface area contributed by atoms with Crippen LogP contribution in [0, 0.1) is 0 Å². The highest BCUT2D eigenvalue weighted by atomic mass is 32.2. The fourth-order valence-electron chi connectivity index (χ4n) is 8.53. The standard InChI is InChI=1S/C53H57NO2S/c1-50(2,3)34-15-25-41-43(29-34)44-30-35(51(4,5)6)16-26-42(44)49(41)33-13-21-39(22-14-33)57(55,56)40-23-19-38(20-24-40)54-47-27-17-36(52(7,8)9)31-45(47)46-32-37(53(10,11)12)18-28-48(46)54/h13-32,49H,1-12H3. The van der Waals surface area contributed by atoms with Gasteiger partial charge in [0.1, 0.15) is 0 Å². The second-order valence-electron chi connectivity index (χ2n) is 20.4. The Morgan fingerprint density at radius 2 is 0.772 bits per heavy atom. The number of nitrogens with zero attached hydrogens (tertiary/aromatic N) is 1. The van der Waals surface area contributed by atoms with Gasteiger partial charge < -0.3 is 4.57 Å². The van der Waals surface area contributed by atoms with Crippen molar-refractivity contribution in [3.63, 3.8) is 0 Å². The van der Waals surface area contributed by atoms with Gasteiger partial charge in [-0.15, -0.1) is 0 Å². The maximum absolute atomic E-state index is 14.2. The molecule has 0 N–H and O–H groups in total. The topological polar surface area (TPSA) is 39.1 Å². The van der Waals surface area contributed by atoms with Gasteiger partial charge in [-0.1, -0.05) is 144 Å². The summed E-state index contributed by atoms with van der Waals surface area (Å²) in [6.07, 6.45) is 0. The molecule has 0 fully saturated rings. The first-order valence-corrected chi connectivity index (χ1v) is 21.9. The zero-order chi connectivity index (χ0) is 41.0. The number of sulfone groups is 1. The Bertz CT molecular complexity index is 2670. The molecule has 8 rings (SSSR count). The fraction of sp³-hybridized carbons (Fsp3) is 0.321. The highest BCUT2D eigenvalue weighted by Crippen LogP contribution is 2.50. The van der Waals surface area contributed by atoms with Crippen LogP contribution in [0.15, 0.2) is 131 Å². The first-order valence-electron chi connectivity index (χ1n) is 20.4. The van der Waals surface area contributed by atoms with Crippen LogP contribution in [0.25, 0.3) is 38.6 Å². The molecule has 1 aromatic heterocycles. The lowest BCUT2D eigenvalue weighted by Gasteiger charge is -2.21. The van der Waals surface area contributed by atoms with Crippen LogP contribution in [0.2, 0.25) is 0 Å². The third-order valence-corrected chi connectivity index (χ3v) is 14.0. The fourth-order valence-corrected chi connectivity index (χ4v) is 9.79. The SMILES string of the molecule is CC(C)(C)c1ccc2c(c1)-c1cc(C(C)(C)C)ccc1C2c1ccc(S(=O)(=O)c2ccc(-n3c4ccc(C(C)(C)C)cc4c4cc(C(C)(C)C)ccc43)cc2)cc1. The van der Waals surface area contributed by atoms with Crippen LogP contribution in [0.3, 0.4) is 0 Å². The van der Waals surface area contributed by atoms with E-state index in [1.54, 1.807) is 24.3 Å². The molecule has 0 saturated heterocycles. The van der Waals surface area contributed by atoms with E-state index in [1.165, 1.54) is 55.3 Å². The van der Waals surface area contributed by atoms with Gasteiger partial charge in [-0.25, -0.2) is 8.42 Å². The summed E-state index contributed by atoms with van der Waals surface area (Å²) in [4.78, 5) is 0.579. The zero-order valence-corrected chi connectivity index (χ0v) is 36.6. The molecule has 6 aromatic carbocycles. The number of rotatable bonds is 4. The molecule has 0 saturated carbocycles. The molecule has 0 atom stereocenters. The lowest BCUT2D eigenvalue weighted by molar-refractivity contribution is 0.589. The minimum absolute atomic E-state index is 0.0108. The highest BCUT2D eigenvalue weighted by Gasteiger charge is 2.33. The van der Waals surface area contributed by atoms with Gasteiger partial charge in [0.2, 0.25) is 9.84 Å². The van der Waals surface area contributed by atoms with E-state index in [9.17, 15) is 8.42 Å². The molecule has 292 valence electrons. The molecule has 1 aliphatic carbocycles. The largest absolute Gasteiger partial charge is 0.309 e. The third-order valence-electron chi connectivity index (χ3n) is 12.2. The summed E-state index contributed by atoms with van der Waals surface area (Å²) in [6, 6.07) is 42.4.